The molecule has 3 heterocycles. The highest BCUT2D eigenvalue weighted by atomic mass is 35.5. The van der Waals surface area contributed by atoms with Gasteiger partial charge in [0.2, 0.25) is 11.8 Å². The number of epoxide rings is 1. The first kappa shape index (κ1) is 41.8. The van der Waals surface area contributed by atoms with E-state index in [0.717, 1.165) is 11.1 Å². The minimum atomic E-state index is -1.82. The standard InChI is InChI=1S/C36H50ClN3O10S2/c1-20-11-10-12-27(47-8)36(45)19-26(48-34(44)38-36)21(2)32-35(4,50-32)28(49-33(43)22(3)39(5)29(41)13-14-52-51-9)18-30(42)40(6)24-16-23(15-20)17-25(46-7)31(24)37/h10-12,16-17,21-22,26-28,32,45H,13-15,18-19H2,1-9H3,(H,38,44)/t21-,22-,26+,27-,28+,32?,35+,36+/m1/s1. The van der Waals surface area contributed by atoms with Gasteiger partial charge in [0.05, 0.1) is 25.3 Å². The highest BCUT2D eigenvalue weighted by Crippen LogP contribution is 2.49. The molecule has 3 amide bonds. The molecule has 288 valence electrons. The summed E-state index contributed by atoms with van der Waals surface area (Å²) in [6, 6.07) is 2.63. The number of hydrogen-bond donors (Lipinski definition) is 2. The summed E-state index contributed by atoms with van der Waals surface area (Å²) in [5.41, 5.74) is -0.884. The highest BCUT2D eigenvalue weighted by Gasteiger charge is 2.64. The van der Waals surface area contributed by atoms with Crippen LogP contribution in [0.15, 0.2) is 35.9 Å². The number of anilines is 1. The molecule has 16 heteroatoms. The third-order valence-electron chi connectivity index (χ3n) is 10.0. The van der Waals surface area contributed by atoms with Gasteiger partial charge < -0.3 is 38.6 Å². The van der Waals surface area contributed by atoms with Crippen molar-refractivity contribution < 1.29 is 48.0 Å². The molecule has 1 aromatic rings. The van der Waals surface area contributed by atoms with Crippen LogP contribution in [-0.2, 0) is 39.8 Å². The van der Waals surface area contributed by atoms with Crippen LogP contribution in [0, 0.1) is 5.92 Å². The maximum atomic E-state index is 14.1. The number of esters is 1. The summed E-state index contributed by atoms with van der Waals surface area (Å²) in [6.07, 6.45) is 3.17. The number of allylic oxidation sites excluding steroid dienone is 3. The van der Waals surface area contributed by atoms with Crippen LogP contribution in [0.3, 0.4) is 0 Å². The Morgan fingerprint density at radius 3 is 2.63 bits per heavy atom. The van der Waals surface area contributed by atoms with Gasteiger partial charge in [0, 0.05) is 45.7 Å². The lowest BCUT2D eigenvalue weighted by Crippen LogP contribution is -2.63. The zero-order valence-corrected chi connectivity index (χ0v) is 33.5. The molecule has 0 aromatic heterocycles. The van der Waals surface area contributed by atoms with Crippen LogP contribution in [0.25, 0.3) is 0 Å². The normalized spacial score (nSPS) is 29.9. The Kier molecular flexibility index (Phi) is 14.0. The molecule has 2 fully saturated rings. The van der Waals surface area contributed by atoms with Gasteiger partial charge in [0.15, 0.2) is 5.72 Å². The van der Waals surface area contributed by atoms with Crippen molar-refractivity contribution in [3.8, 4) is 5.75 Å². The fraction of sp³-hybridized carbons (Fsp3) is 0.611. The second kappa shape index (κ2) is 17.5. The number of benzene rings is 1. The van der Waals surface area contributed by atoms with Crippen LogP contribution in [0.1, 0.15) is 52.5 Å². The summed E-state index contributed by atoms with van der Waals surface area (Å²) < 4.78 is 29.2. The zero-order valence-electron chi connectivity index (χ0n) is 31.1. The topological polar surface area (TPSA) is 156 Å². The Balaban J connectivity index is 1.74. The molecular weight excluding hydrogens is 734 g/mol. The average Bonchev–Trinajstić information content (AvgIpc) is 3.80. The number of alkyl carbamates (subject to hydrolysis) is 1. The van der Waals surface area contributed by atoms with E-state index in [1.54, 1.807) is 73.7 Å². The quantitative estimate of drug-likeness (QED) is 0.151. The van der Waals surface area contributed by atoms with Crippen molar-refractivity contribution in [1.29, 1.82) is 0 Å². The van der Waals surface area contributed by atoms with Gasteiger partial charge >= 0.3 is 12.1 Å². The lowest BCUT2D eigenvalue weighted by Gasteiger charge is -2.42. The second-order valence-electron chi connectivity index (χ2n) is 13.6. The van der Waals surface area contributed by atoms with Crippen LogP contribution >= 0.6 is 33.2 Å². The molecule has 0 saturated carbocycles. The van der Waals surface area contributed by atoms with Crippen molar-refractivity contribution in [1.82, 2.24) is 10.2 Å². The SMILES string of the molecule is COc1cc2cc(c1Cl)N(C)C(=O)C[C@H](OC(=O)[C@@H](C)N(C)C(=O)CCSSC)[C@]1(C)OC1[C@H](C)[C@@H]1C[C@@](O)(NC(=O)O1)[C@H](OC)C=CC=C(C)C2. The van der Waals surface area contributed by atoms with E-state index in [4.69, 9.17) is 35.3 Å². The molecule has 8 atom stereocenters. The summed E-state index contributed by atoms with van der Waals surface area (Å²) in [7, 11) is 9.14. The summed E-state index contributed by atoms with van der Waals surface area (Å²) in [5, 5.41) is 14.5. The number of ether oxygens (including phenoxy) is 5. The smallest absolute Gasteiger partial charge is 0.409 e. The van der Waals surface area contributed by atoms with E-state index in [1.807, 2.05) is 19.3 Å². The largest absolute Gasteiger partial charge is 0.495 e. The van der Waals surface area contributed by atoms with Gasteiger partial charge in [-0.25, -0.2) is 9.59 Å². The van der Waals surface area contributed by atoms with Crippen molar-refractivity contribution in [2.45, 2.75) is 95.2 Å². The predicted molar refractivity (Wildman–Crippen MR) is 202 cm³/mol. The number of halogens is 1. The van der Waals surface area contributed by atoms with E-state index < -0.39 is 65.7 Å². The van der Waals surface area contributed by atoms with Crippen LogP contribution in [-0.4, -0.2) is 116 Å². The Labute approximate surface area is 318 Å². The molecule has 3 aliphatic rings. The van der Waals surface area contributed by atoms with Gasteiger partial charge in [-0.05, 0) is 51.1 Å². The fourth-order valence-corrected chi connectivity index (χ4v) is 8.09. The second-order valence-corrected chi connectivity index (χ2v) is 16.7. The molecule has 4 rings (SSSR count). The van der Waals surface area contributed by atoms with Gasteiger partial charge in [-0.2, -0.15) is 0 Å². The van der Waals surface area contributed by atoms with E-state index in [0.29, 0.717) is 23.6 Å². The van der Waals surface area contributed by atoms with E-state index in [1.165, 1.54) is 31.1 Å². The minimum Gasteiger partial charge on any atom is -0.495 e. The van der Waals surface area contributed by atoms with E-state index in [2.05, 4.69) is 5.32 Å². The third kappa shape index (κ3) is 9.40. The van der Waals surface area contributed by atoms with Gasteiger partial charge in [-0.1, -0.05) is 63.9 Å². The number of nitrogens with zero attached hydrogens (tertiary/aromatic N) is 2. The molecule has 0 radical (unpaired) electrons. The first-order valence-corrected chi connectivity index (χ1v) is 20.1. The van der Waals surface area contributed by atoms with Gasteiger partial charge in [-0.15, -0.1) is 0 Å². The number of rotatable bonds is 9. The average molecular weight is 784 g/mol. The Hall–Kier alpha value is -2.95. The van der Waals surface area contributed by atoms with Crippen LogP contribution in [0.5, 0.6) is 5.75 Å². The van der Waals surface area contributed by atoms with E-state index >= 15 is 0 Å². The van der Waals surface area contributed by atoms with Gasteiger partial charge in [-0.3, -0.25) is 14.9 Å². The number of likely N-dealkylation sites (N-methyl/N-ethyl adjacent to an activating group) is 1. The molecular formula is C36H50ClN3O10S2. The Morgan fingerprint density at radius 2 is 1.98 bits per heavy atom. The summed E-state index contributed by atoms with van der Waals surface area (Å²) in [6.45, 7) is 7.02. The molecule has 1 aromatic carbocycles. The van der Waals surface area contributed by atoms with Crippen LogP contribution in [0.4, 0.5) is 10.5 Å². The first-order chi connectivity index (χ1) is 24.5. The summed E-state index contributed by atoms with van der Waals surface area (Å²) >= 11 is 6.75. The Morgan fingerprint density at radius 1 is 1.27 bits per heavy atom. The number of methoxy groups -OCH3 is 2. The molecule has 0 spiro atoms. The highest BCUT2D eigenvalue weighted by molar-refractivity contribution is 8.76. The molecule has 52 heavy (non-hydrogen) atoms. The number of carbonyl (C=O) groups is 4. The fourth-order valence-electron chi connectivity index (χ4n) is 6.61. The van der Waals surface area contributed by atoms with Crippen molar-refractivity contribution in [3.05, 3.63) is 46.5 Å². The van der Waals surface area contributed by atoms with Gasteiger partial charge in [0.1, 0.15) is 40.7 Å². The van der Waals surface area contributed by atoms with Crippen molar-refractivity contribution >= 4 is 62.8 Å². The maximum absolute atomic E-state index is 14.1. The number of hydrogen-bond acceptors (Lipinski definition) is 12. The van der Waals surface area contributed by atoms with Crippen molar-refractivity contribution in [3.63, 3.8) is 0 Å². The number of nitrogens with one attached hydrogen (secondary N) is 1. The van der Waals surface area contributed by atoms with E-state index in [9.17, 15) is 24.3 Å². The van der Waals surface area contributed by atoms with Crippen LogP contribution in [0.2, 0.25) is 5.02 Å². The molecule has 3 aliphatic heterocycles. The predicted octanol–water partition coefficient (Wildman–Crippen LogP) is 4.92. The van der Waals surface area contributed by atoms with Gasteiger partial charge in [0.25, 0.3) is 0 Å². The molecule has 2 saturated heterocycles. The summed E-state index contributed by atoms with van der Waals surface area (Å²) in [4.78, 5) is 56.2. The molecule has 0 aliphatic carbocycles. The minimum absolute atomic E-state index is 0.0452. The monoisotopic (exact) mass is 783 g/mol. The zero-order chi connectivity index (χ0) is 38.5. The number of amides is 3. The van der Waals surface area contributed by atoms with Crippen molar-refractivity contribution in [2.75, 3.05) is 45.2 Å². The lowest BCUT2D eigenvalue weighted by atomic mass is 9.83. The number of aliphatic hydroxyl groups is 1. The maximum Gasteiger partial charge on any atom is 0.409 e. The molecule has 2 N–H and O–H groups in total. The lowest BCUT2D eigenvalue weighted by molar-refractivity contribution is -0.161. The number of fused-ring (bicyclic) bond motifs is 5. The molecule has 1 unspecified atom stereocenters. The number of carbonyl (C=O) groups excluding carboxylic acids is 4. The third-order valence-corrected chi connectivity index (χ3v) is 12.2. The molecule has 13 nitrogen and oxygen atoms in total. The Bertz CT molecular complexity index is 1580. The van der Waals surface area contributed by atoms with E-state index in [-0.39, 0.29) is 30.2 Å². The van der Waals surface area contributed by atoms with Crippen LogP contribution < -0.4 is 15.0 Å². The molecule has 4 bridgehead atoms. The first-order valence-electron chi connectivity index (χ1n) is 17.0. The van der Waals surface area contributed by atoms with Crippen molar-refractivity contribution in [2.24, 2.45) is 5.92 Å². The summed E-state index contributed by atoms with van der Waals surface area (Å²) in [5.74, 6) is -0.916.